The van der Waals surface area contributed by atoms with Gasteiger partial charge in [-0.2, -0.15) is 0 Å². The lowest BCUT2D eigenvalue weighted by molar-refractivity contribution is 0.539. The molecule has 2 aliphatic rings. The van der Waals surface area contributed by atoms with Gasteiger partial charge in [-0.25, -0.2) is 0 Å². The lowest BCUT2D eigenvalue weighted by atomic mass is 9.93. The highest BCUT2D eigenvalue weighted by Crippen LogP contribution is 2.53. The maximum absolute atomic E-state index is 3.58. The van der Waals surface area contributed by atoms with Gasteiger partial charge in [0.15, 0.2) is 0 Å². The van der Waals surface area contributed by atoms with Crippen LogP contribution in [0.4, 0.5) is 0 Å². The Morgan fingerprint density at radius 3 is 2.67 bits per heavy atom. The van der Waals surface area contributed by atoms with Crippen molar-refractivity contribution in [2.24, 2.45) is 0 Å². The Hall–Kier alpha value is -1.12. The van der Waals surface area contributed by atoms with Gasteiger partial charge in [0.05, 0.1) is 0 Å². The third-order valence-electron chi connectivity index (χ3n) is 4.32. The van der Waals surface area contributed by atoms with E-state index in [9.17, 15) is 0 Å². The van der Waals surface area contributed by atoms with E-state index in [0.29, 0.717) is 5.41 Å². The molecule has 2 aromatic rings. The summed E-state index contributed by atoms with van der Waals surface area (Å²) in [4.78, 5) is 3.00. The molecule has 2 heteroatoms. The predicted molar refractivity (Wildman–Crippen MR) is 77.1 cm³/mol. The number of nitrogens with one attached hydrogen (secondary N) is 1. The highest BCUT2D eigenvalue weighted by Gasteiger charge is 2.47. The van der Waals surface area contributed by atoms with Crippen LogP contribution in [-0.2, 0) is 12.0 Å². The van der Waals surface area contributed by atoms with Gasteiger partial charge in [-0.05, 0) is 37.0 Å². The summed E-state index contributed by atoms with van der Waals surface area (Å²) in [7, 11) is 0. The molecule has 0 amide bonds. The van der Waals surface area contributed by atoms with Crippen LogP contribution in [0.1, 0.15) is 28.8 Å². The standard InChI is InChI=1S/C16H17NS/c1-11-2-4-12(5-3-11)14-8-13-15(18-14)9-17-10-16(13)6-7-16/h2-5,8,17H,6-7,9-10H2,1H3. The Balaban J connectivity index is 1.79. The summed E-state index contributed by atoms with van der Waals surface area (Å²) in [5.74, 6) is 0. The fourth-order valence-electron chi connectivity index (χ4n) is 2.98. The molecule has 1 aromatic heterocycles. The normalized spacial score (nSPS) is 19.8. The number of benzene rings is 1. The van der Waals surface area contributed by atoms with Crippen molar-refractivity contribution in [3.63, 3.8) is 0 Å². The van der Waals surface area contributed by atoms with Crippen LogP contribution in [0.15, 0.2) is 30.3 Å². The number of rotatable bonds is 1. The number of hydrogen-bond acceptors (Lipinski definition) is 2. The monoisotopic (exact) mass is 255 g/mol. The average Bonchev–Trinajstić information content (AvgIpc) is 3.00. The van der Waals surface area contributed by atoms with Crippen LogP contribution in [0.25, 0.3) is 10.4 Å². The Morgan fingerprint density at radius 1 is 1.17 bits per heavy atom. The van der Waals surface area contributed by atoms with Gasteiger partial charge in [-0.15, -0.1) is 11.3 Å². The quantitative estimate of drug-likeness (QED) is 0.816. The molecule has 1 aromatic carbocycles. The van der Waals surface area contributed by atoms with Crippen molar-refractivity contribution in [3.8, 4) is 10.4 Å². The molecule has 0 radical (unpaired) electrons. The highest BCUT2D eigenvalue weighted by molar-refractivity contribution is 7.15. The zero-order valence-corrected chi connectivity index (χ0v) is 11.4. The second-order valence-corrected chi connectivity index (χ2v) is 6.83. The molecule has 1 spiro atoms. The van der Waals surface area contributed by atoms with Crippen LogP contribution in [0.5, 0.6) is 0 Å². The summed E-state index contributed by atoms with van der Waals surface area (Å²) in [6.07, 6.45) is 2.74. The van der Waals surface area contributed by atoms with Gasteiger partial charge in [-0.1, -0.05) is 29.8 Å². The second kappa shape index (κ2) is 3.69. The van der Waals surface area contributed by atoms with E-state index in [2.05, 4.69) is 42.6 Å². The Morgan fingerprint density at radius 2 is 1.94 bits per heavy atom. The van der Waals surface area contributed by atoms with Crippen LogP contribution in [0, 0.1) is 6.92 Å². The number of aryl methyl sites for hydroxylation is 1. The van der Waals surface area contributed by atoms with Crippen LogP contribution in [0.3, 0.4) is 0 Å². The zero-order chi connectivity index (χ0) is 12.2. The smallest absolute Gasteiger partial charge is 0.0349 e. The van der Waals surface area contributed by atoms with E-state index in [1.54, 1.807) is 10.4 Å². The minimum Gasteiger partial charge on any atom is -0.311 e. The summed E-state index contributed by atoms with van der Waals surface area (Å²) < 4.78 is 0. The van der Waals surface area contributed by atoms with Crippen LogP contribution in [0.2, 0.25) is 0 Å². The third-order valence-corrected chi connectivity index (χ3v) is 5.50. The van der Waals surface area contributed by atoms with Gasteiger partial charge in [0.25, 0.3) is 0 Å². The fraction of sp³-hybridized carbons (Fsp3) is 0.375. The molecule has 1 fully saturated rings. The predicted octanol–water partition coefficient (Wildman–Crippen LogP) is 3.86. The minimum atomic E-state index is 0.507. The summed E-state index contributed by atoms with van der Waals surface area (Å²) in [5, 5.41) is 3.58. The summed E-state index contributed by atoms with van der Waals surface area (Å²) in [5.41, 5.74) is 4.85. The largest absolute Gasteiger partial charge is 0.311 e. The maximum atomic E-state index is 3.58. The average molecular weight is 255 g/mol. The van der Waals surface area contributed by atoms with E-state index in [1.807, 2.05) is 11.3 Å². The highest BCUT2D eigenvalue weighted by atomic mass is 32.1. The molecule has 92 valence electrons. The van der Waals surface area contributed by atoms with Crippen molar-refractivity contribution >= 4 is 11.3 Å². The first-order valence-corrected chi connectivity index (χ1v) is 7.49. The molecule has 1 aliphatic carbocycles. The molecule has 1 N–H and O–H groups in total. The summed E-state index contributed by atoms with van der Waals surface area (Å²) in [6, 6.07) is 11.4. The van der Waals surface area contributed by atoms with Gasteiger partial charge in [0, 0.05) is 28.3 Å². The third kappa shape index (κ3) is 1.56. The minimum absolute atomic E-state index is 0.507. The van der Waals surface area contributed by atoms with E-state index in [-0.39, 0.29) is 0 Å². The van der Waals surface area contributed by atoms with Crippen molar-refractivity contribution in [3.05, 3.63) is 46.3 Å². The van der Waals surface area contributed by atoms with Gasteiger partial charge < -0.3 is 5.32 Å². The fourth-order valence-corrected chi connectivity index (χ4v) is 4.23. The topological polar surface area (TPSA) is 12.0 Å². The van der Waals surface area contributed by atoms with Crippen molar-refractivity contribution in [2.45, 2.75) is 31.7 Å². The SMILES string of the molecule is Cc1ccc(-c2cc3c(s2)CNCC32CC2)cc1. The van der Waals surface area contributed by atoms with E-state index < -0.39 is 0 Å². The summed E-state index contributed by atoms with van der Waals surface area (Å²) >= 11 is 1.97. The van der Waals surface area contributed by atoms with Crippen LogP contribution < -0.4 is 5.32 Å². The van der Waals surface area contributed by atoms with Crippen molar-refractivity contribution in [1.82, 2.24) is 5.32 Å². The van der Waals surface area contributed by atoms with Gasteiger partial charge in [-0.3, -0.25) is 0 Å². The first kappa shape index (κ1) is 10.8. The van der Waals surface area contributed by atoms with Gasteiger partial charge >= 0.3 is 0 Å². The van der Waals surface area contributed by atoms with Crippen molar-refractivity contribution in [1.29, 1.82) is 0 Å². The number of fused-ring (bicyclic) bond motifs is 2. The molecule has 1 nitrogen and oxygen atoms in total. The molecule has 0 bridgehead atoms. The van der Waals surface area contributed by atoms with E-state index in [1.165, 1.54) is 35.4 Å². The molecular weight excluding hydrogens is 238 g/mol. The van der Waals surface area contributed by atoms with Gasteiger partial charge in [0.1, 0.15) is 0 Å². The number of hydrogen-bond donors (Lipinski definition) is 1. The molecule has 0 saturated heterocycles. The van der Waals surface area contributed by atoms with Crippen molar-refractivity contribution in [2.75, 3.05) is 6.54 Å². The number of thiophene rings is 1. The summed E-state index contributed by atoms with van der Waals surface area (Å²) in [6.45, 7) is 4.39. The van der Waals surface area contributed by atoms with Crippen LogP contribution >= 0.6 is 11.3 Å². The van der Waals surface area contributed by atoms with E-state index >= 15 is 0 Å². The first-order chi connectivity index (χ1) is 8.77. The molecule has 18 heavy (non-hydrogen) atoms. The molecule has 4 rings (SSSR count). The molecular formula is C16H17NS. The molecule has 0 atom stereocenters. The lowest BCUT2D eigenvalue weighted by Crippen LogP contribution is -2.31. The second-order valence-electron chi connectivity index (χ2n) is 5.70. The molecule has 1 saturated carbocycles. The zero-order valence-electron chi connectivity index (χ0n) is 10.6. The van der Waals surface area contributed by atoms with Crippen LogP contribution in [-0.4, -0.2) is 6.54 Å². The Labute approximate surface area is 112 Å². The van der Waals surface area contributed by atoms with Crippen molar-refractivity contribution < 1.29 is 0 Å². The molecule has 2 heterocycles. The van der Waals surface area contributed by atoms with Gasteiger partial charge in [0.2, 0.25) is 0 Å². The van der Waals surface area contributed by atoms with E-state index in [0.717, 1.165) is 6.54 Å². The van der Waals surface area contributed by atoms with E-state index in [4.69, 9.17) is 0 Å². The Bertz CT molecular complexity index is 590. The molecule has 1 aliphatic heterocycles. The lowest BCUT2D eigenvalue weighted by Gasteiger charge is -2.22. The Kier molecular flexibility index (Phi) is 2.21. The maximum Gasteiger partial charge on any atom is 0.0349 e. The first-order valence-electron chi connectivity index (χ1n) is 6.68. The molecule has 0 unspecified atom stereocenters.